The van der Waals surface area contributed by atoms with Gasteiger partial charge < -0.3 is 14.5 Å². The van der Waals surface area contributed by atoms with Gasteiger partial charge >= 0.3 is 0 Å². The number of ether oxygens (including phenoxy) is 1. The molecule has 2 heterocycles. The van der Waals surface area contributed by atoms with Crippen LogP contribution >= 0.6 is 11.3 Å². The second-order valence-corrected chi connectivity index (χ2v) is 8.05. The largest absolute Gasteiger partial charge is 0.497 e. The lowest BCUT2D eigenvalue weighted by atomic mass is 9.93. The lowest BCUT2D eigenvalue weighted by Gasteiger charge is -2.38. The first kappa shape index (κ1) is 19.4. The Morgan fingerprint density at radius 2 is 1.96 bits per heavy atom. The van der Waals surface area contributed by atoms with E-state index in [1.54, 1.807) is 23.3 Å². The van der Waals surface area contributed by atoms with Crippen LogP contribution in [0.25, 0.3) is 0 Å². The van der Waals surface area contributed by atoms with Crippen molar-refractivity contribution in [2.75, 3.05) is 20.2 Å². The van der Waals surface area contributed by atoms with Gasteiger partial charge in [0.25, 0.3) is 0 Å². The summed E-state index contributed by atoms with van der Waals surface area (Å²) in [5.41, 5.74) is 2.24. The molecule has 1 aliphatic heterocycles. The van der Waals surface area contributed by atoms with Gasteiger partial charge in [0.2, 0.25) is 11.8 Å². The molecule has 3 rings (SSSR count). The average molecular weight is 387 g/mol. The molecule has 5 nitrogen and oxygen atoms in total. The van der Waals surface area contributed by atoms with Gasteiger partial charge in [0.1, 0.15) is 5.75 Å². The van der Waals surface area contributed by atoms with E-state index in [1.165, 1.54) is 17.4 Å². The number of benzene rings is 1. The summed E-state index contributed by atoms with van der Waals surface area (Å²) in [5.74, 6) is 0.699. The molecule has 1 aromatic carbocycles. The Bertz CT molecular complexity index is 813. The molecule has 0 saturated carbocycles. The number of carbonyl (C=O) groups is 2. The predicted octanol–water partition coefficient (Wildman–Crippen LogP) is 3.49. The highest BCUT2D eigenvalue weighted by Crippen LogP contribution is 2.38. The molecule has 1 atom stereocenters. The zero-order chi connectivity index (χ0) is 19.6. The average Bonchev–Trinajstić information content (AvgIpc) is 3.13. The number of hydrogen-bond donors (Lipinski definition) is 0. The Labute approximate surface area is 164 Å². The molecule has 0 fully saturated rings. The van der Waals surface area contributed by atoms with Crippen LogP contribution in [0, 0.1) is 0 Å². The van der Waals surface area contributed by atoms with Crippen LogP contribution in [0.15, 0.2) is 35.7 Å². The molecule has 0 saturated heterocycles. The first-order chi connectivity index (χ1) is 12.9. The van der Waals surface area contributed by atoms with Crippen LogP contribution in [0.5, 0.6) is 5.75 Å². The molecule has 6 heteroatoms. The number of rotatable bonds is 5. The van der Waals surface area contributed by atoms with Crippen LogP contribution in [0.1, 0.15) is 42.8 Å². The van der Waals surface area contributed by atoms with Gasteiger partial charge in [-0.3, -0.25) is 9.59 Å². The second-order valence-electron chi connectivity index (χ2n) is 7.05. The van der Waals surface area contributed by atoms with E-state index >= 15 is 0 Å². The molecule has 0 spiro atoms. The van der Waals surface area contributed by atoms with E-state index in [-0.39, 0.29) is 30.4 Å². The Balaban J connectivity index is 1.92. The van der Waals surface area contributed by atoms with E-state index in [9.17, 15) is 9.59 Å². The van der Waals surface area contributed by atoms with Gasteiger partial charge in [-0.1, -0.05) is 12.1 Å². The quantitative estimate of drug-likeness (QED) is 0.790. The maximum atomic E-state index is 13.2. The summed E-state index contributed by atoms with van der Waals surface area (Å²) in [5, 5.41) is 2.09. The number of hydrogen-bond acceptors (Lipinski definition) is 4. The molecule has 0 unspecified atom stereocenters. The highest BCUT2D eigenvalue weighted by Gasteiger charge is 2.34. The SMILES string of the molecule is COc1ccc([C@H]2c3ccsc3CCN2C(=O)CN(C(C)=O)C(C)C)cc1. The summed E-state index contributed by atoms with van der Waals surface area (Å²) >= 11 is 1.74. The minimum atomic E-state index is -0.126. The standard InChI is InChI=1S/C21H26N2O3S/c1-14(2)23(15(3)24)13-20(25)22-11-9-19-18(10-12-27-19)21(22)16-5-7-17(26-4)8-6-16/h5-8,10,12,14,21H,9,11,13H2,1-4H3/t21-/m0/s1. The highest BCUT2D eigenvalue weighted by atomic mass is 32.1. The van der Waals surface area contributed by atoms with Crippen molar-refractivity contribution in [2.24, 2.45) is 0 Å². The molecule has 144 valence electrons. The molecule has 0 bridgehead atoms. The fourth-order valence-electron chi connectivity index (χ4n) is 3.62. The minimum Gasteiger partial charge on any atom is -0.497 e. The van der Waals surface area contributed by atoms with Gasteiger partial charge in [-0.05, 0) is 55.0 Å². The lowest BCUT2D eigenvalue weighted by Crippen LogP contribution is -2.48. The molecule has 27 heavy (non-hydrogen) atoms. The first-order valence-electron chi connectivity index (χ1n) is 9.19. The molecule has 2 aromatic rings. The molecule has 2 amide bonds. The zero-order valence-electron chi connectivity index (χ0n) is 16.3. The Morgan fingerprint density at radius 1 is 1.26 bits per heavy atom. The van der Waals surface area contributed by atoms with Crippen LogP contribution < -0.4 is 4.74 Å². The van der Waals surface area contributed by atoms with Gasteiger partial charge in [-0.15, -0.1) is 11.3 Å². The van der Waals surface area contributed by atoms with Crippen LogP contribution in [0.2, 0.25) is 0 Å². The summed E-state index contributed by atoms with van der Waals surface area (Å²) in [6, 6.07) is 9.86. The van der Waals surface area contributed by atoms with Crippen LogP contribution in [-0.4, -0.2) is 47.9 Å². The number of thiophene rings is 1. The smallest absolute Gasteiger partial charge is 0.243 e. The molecule has 1 aromatic heterocycles. The number of nitrogens with zero attached hydrogens (tertiary/aromatic N) is 2. The second kappa shape index (κ2) is 8.13. The maximum Gasteiger partial charge on any atom is 0.243 e. The van der Waals surface area contributed by atoms with Crippen molar-refractivity contribution in [3.05, 3.63) is 51.7 Å². The Kier molecular flexibility index (Phi) is 5.85. The Hall–Kier alpha value is -2.34. The third-order valence-corrected chi connectivity index (χ3v) is 6.05. The summed E-state index contributed by atoms with van der Waals surface area (Å²) < 4.78 is 5.27. The van der Waals surface area contributed by atoms with Crippen molar-refractivity contribution in [2.45, 2.75) is 39.3 Å². The van der Waals surface area contributed by atoms with E-state index in [0.29, 0.717) is 6.54 Å². The van der Waals surface area contributed by atoms with Crippen LogP contribution in [-0.2, 0) is 16.0 Å². The first-order valence-corrected chi connectivity index (χ1v) is 10.1. The number of fused-ring (bicyclic) bond motifs is 1. The van der Waals surface area contributed by atoms with E-state index < -0.39 is 0 Å². The normalized spacial score (nSPS) is 16.2. The van der Waals surface area contributed by atoms with Crippen LogP contribution in [0.3, 0.4) is 0 Å². The topological polar surface area (TPSA) is 49.9 Å². The number of amides is 2. The zero-order valence-corrected chi connectivity index (χ0v) is 17.1. The minimum absolute atomic E-state index is 0.00705. The van der Waals surface area contributed by atoms with Gasteiger partial charge in [-0.25, -0.2) is 0 Å². The molecular weight excluding hydrogens is 360 g/mol. The fraction of sp³-hybridized carbons (Fsp3) is 0.429. The predicted molar refractivity (Wildman–Crippen MR) is 107 cm³/mol. The summed E-state index contributed by atoms with van der Waals surface area (Å²) in [6.07, 6.45) is 0.854. The van der Waals surface area contributed by atoms with Gasteiger partial charge in [-0.2, -0.15) is 0 Å². The number of carbonyl (C=O) groups excluding carboxylic acids is 2. The van der Waals surface area contributed by atoms with Gasteiger partial charge in [0, 0.05) is 24.4 Å². The van der Waals surface area contributed by atoms with Crippen molar-refractivity contribution in [1.82, 2.24) is 9.80 Å². The van der Waals surface area contributed by atoms with Crippen LogP contribution in [0.4, 0.5) is 0 Å². The molecule has 1 aliphatic rings. The summed E-state index contributed by atoms with van der Waals surface area (Å²) in [7, 11) is 1.64. The van der Waals surface area contributed by atoms with Crippen molar-refractivity contribution >= 4 is 23.2 Å². The molecular formula is C21H26N2O3S. The van der Waals surface area contributed by atoms with Crippen molar-refractivity contribution < 1.29 is 14.3 Å². The van der Waals surface area contributed by atoms with E-state index in [2.05, 4.69) is 11.4 Å². The monoisotopic (exact) mass is 386 g/mol. The summed E-state index contributed by atoms with van der Waals surface area (Å²) in [6.45, 7) is 6.15. The van der Waals surface area contributed by atoms with Crippen molar-refractivity contribution in [3.8, 4) is 5.75 Å². The lowest BCUT2D eigenvalue weighted by molar-refractivity contribution is -0.142. The fourth-order valence-corrected chi connectivity index (χ4v) is 4.53. The van der Waals surface area contributed by atoms with E-state index in [4.69, 9.17) is 4.74 Å². The molecule has 0 aliphatic carbocycles. The third-order valence-electron chi connectivity index (χ3n) is 5.05. The van der Waals surface area contributed by atoms with Gasteiger partial charge in [0.15, 0.2) is 0 Å². The Morgan fingerprint density at radius 3 is 2.56 bits per heavy atom. The van der Waals surface area contributed by atoms with E-state index in [1.807, 2.05) is 43.0 Å². The van der Waals surface area contributed by atoms with Crippen molar-refractivity contribution in [3.63, 3.8) is 0 Å². The maximum absolute atomic E-state index is 13.2. The van der Waals surface area contributed by atoms with E-state index in [0.717, 1.165) is 17.7 Å². The van der Waals surface area contributed by atoms with Crippen molar-refractivity contribution in [1.29, 1.82) is 0 Å². The number of methoxy groups -OCH3 is 1. The third kappa shape index (κ3) is 4.00. The highest BCUT2D eigenvalue weighted by molar-refractivity contribution is 7.10. The summed E-state index contributed by atoms with van der Waals surface area (Å²) in [4.78, 5) is 30.0. The molecule has 0 N–H and O–H groups in total. The van der Waals surface area contributed by atoms with Gasteiger partial charge in [0.05, 0.1) is 19.7 Å². The molecule has 0 radical (unpaired) electrons.